The SMILES string of the molecule is CCCCOCCOCCNC(=NC)N1CCC(c2ccc(OC)cc2)C1. The van der Waals surface area contributed by atoms with Gasteiger partial charge in [-0.3, -0.25) is 4.99 Å². The van der Waals surface area contributed by atoms with Crippen LogP contribution in [0.4, 0.5) is 0 Å². The maximum Gasteiger partial charge on any atom is 0.193 e. The van der Waals surface area contributed by atoms with E-state index in [1.165, 1.54) is 12.0 Å². The van der Waals surface area contributed by atoms with Crippen LogP contribution in [0, 0.1) is 0 Å². The smallest absolute Gasteiger partial charge is 0.193 e. The minimum absolute atomic E-state index is 0.533. The van der Waals surface area contributed by atoms with E-state index in [9.17, 15) is 0 Å². The van der Waals surface area contributed by atoms with Gasteiger partial charge in [-0.15, -0.1) is 0 Å². The molecular formula is C21H35N3O3. The Kier molecular flexibility index (Phi) is 10.0. The molecule has 1 heterocycles. The molecule has 0 spiro atoms. The molecule has 0 radical (unpaired) electrons. The van der Waals surface area contributed by atoms with Gasteiger partial charge in [-0.2, -0.15) is 0 Å². The lowest BCUT2D eigenvalue weighted by Crippen LogP contribution is -2.41. The number of ether oxygens (including phenoxy) is 3. The van der Waals surface area contributed by atoms with Crippen molar-refractivity contribution in [3.63, 3.8) is 0 Å². The number of methoxy groups -OCH3 is 1. The van der Waals surface area contributed by atoms with E-state index >= 15 is 0 Å². The summed E-state index contributed by atoms with van der Waals surface area (Å²) in [5.41, 5.74) is 1.36. The average molecular weight is 378 g/mol. The fraction of sp³-hybridized carbons (Fsp3) is 0.667. The van der Waals surface area contributed by atoms with Gasteiger partial charge < -0.3 is 24.4 Å². The topological polar surface area (TPSA) is 55.3 Å². The first kappa shape index (κ1) is 21.5. The zero-order valence-corrected chi connectivity index (χ0v) is 17.1. The van der Waals surface area contributed by atoms with Gasteiger partial charge in [0.25, 0.3) is 0 Å². The number of hydrogen-bond acceptors (Lipinski definition) is 4. The van der Waals surface area contributed by atoms with E-state index in [2.05, 4.69) is 34.3 Å². The first-order chi connectivity index (χ1) is 13.3. The summed E-state index contributed by atoms with van der Waals surface area (Å²) in [7, 11) is 3.54. The second-order valence-corrected chi connectivity index (χ2v) is 6.76. The third kappa shape index (κ3) is 7.39. The number of benzene rings is 1. The third-order valence-corrected chi connectivity index (χ3v) is 4.83. The summed E-state index contributed by atoms with van der Waals surface area (Å²) in [4.78, 5) is 6.75. The van der Waals surface area contributed by atoms with E-state index in [0.717, 1.165) is 50.8 Å². The number of likely N-dealkylation sites (tertiary alicyclic amines) is 1. The van der Waals surface area contributed by atoms with E-state index in [0.29, 0.717) is 25.7 Å². The van der Waals surface area contributed by atoms with Crippen molar-refractivity contribution < 1.29 is 14.2 Å². The van der Waals surface area contributed by atoms with Crippen LogP contribution >= 0.6 is 0 Å². The highest BCUT2D eigenvalue weighted by Crippen LogP contribution is 2.28. The lowest BCUT2D eigenvalue weighted by molar-refractivity contribution is 0.0486. The molecule has 0 bridgehead atoms. The zero-order chi connectivity index (χ0) is 19.3. The van der Waals surface area contributed by atoms with Crippen LogP contribution in [0.1, 0.15) is 37.7 Å². The summed E-state index contributed by atoms with van der Waals surface area (Å²) in [6.45, 7) is 7.72. The van der Waals surface area contributed by atoms with Gasteiger partial charge >= 0.3 is 0 Å². The van der Waals surface area contributed by atoms with E-state index in [1.807, 2.05) is 19.2 Å². The molecule has 2 rings (SSSR count). The molecule has 1 aromatic rings. The highest BCUT2D eigenvalue weighted by Gasteiger charge is 2.25. The summed E-state index contributed by atoms with van der Waals surface area (Å²) in [6.07, 6.45) is 3.42. The second-order valence-electron chi connectivity index (χ2n) is 6.76. The molecule has 0 aliphatic carbocycles. The van der Waals surface area contributed by atoms with Gasteiger partial charge in [-0.25, -0.2) is 0 Å². The Morgan fingerprint density at radius 2 is 1.89 bits per heavy atom. The minimum Gasteiger partial charge on any atom is -0.497 e. The Morgan fingerprint density at radius 1 is 1.15 bits per heavy atom. The summed E-state index contributed by atoms with van der Waals surface area (Å²) in [5, 5.41) is 3.40. The van der Waals surface area contributed by atoms with Crippen molar-refractivity contribution in [1.29, 1.82) is 0 Å². The Bertz CT molecular complexity index is 548. The molecule has 1 aliphatic rings. The monoisotopic (exact) mass is 377 g/mol. The van der Waals surface area contributed by atoms with Gasteiger partial charge in [-0.05, 0) is 30.5 Å². The first-order valence-corrected chi connectivity index (χ1v) is 10.0. The van der Waals surface area contributed by atoms with Crippen LogP contribution in [0.5, 0.6) is 5.75 Å². The fourth-order valence-corrected chi connectivity index (χ4v) is 3.24. The van der Waals surface area contributed by atoms with Crippen LogP contribution in [0.15, 0.2) is 29.3 Å². The number of nitrogens with one attached hydrogen (secondary N) is 1. The largest absolute Gasteiger partial charge is 0.497 e. The Balaban J connectivity index is 1.64. The quantitative estimate of drug-likeness (QED) is 0.365. The maximum atomic E-state index is 5.61. The van der Waals surface area contributed by atoms with Crippen LogP contribution < -0.4 is 10.1 Å². The van der Waals surface area contributed by atoms with Crippen molar-refractivity contribution in [3.05, 3.63) is 29.8 Å². The van der Waals surface area contributed by atoms with Crippen molar-refractivity contribution in [2.24, 2.45) is 4.99 Å². The lowest BCUT2D eigenvalue weighted by atomic mass is 9.98. The minimum atomic E-state index is 0.533. The molecule has 1 aromatic carbocycles. The molecule has 6 nitrogen and oxygen atoms in total. The van der Waals surface area contributed by atoms with Crippen LogP contribution in [0.3, 0.4) is 0 Å². The highest BCUT2D eigenvalue weighted by molar-refractivity contribution is 5.80. The number of rotatable bonds is 11. The van der Waals surface area contributed by atoms with Gasteiger partial charge in [-0.1, -0.05) is 25.5 Å². The lowest BCUT2D eigenvalue weighted by Gasteiger charge is -2.22. The number of guanidine groups is 1. The fourth-order valence-electron chi connectivity index (χ4n) is 3.24. The summed E-state index contributed by atoms with van der Waals surface area (Å²) < 4.78 is 16.3. The summed E-state index contributed by atoms with van der Waals surface area (Å²) in [6, 6.07) is 8.40. The van der Waals surface area contributed by atoms with E-state index < -0.39 is 0 Å². The van der Waals surface area contributed by atoms with Crippen LogP contribution in [0.25, 0.3) is 0 Å². The molecule has 152 valence electrons. The number of nitrogens with zero attached hydrogens (tertiary/aromatic N) is 2. The molecule has 0 amide bonds. The second kappa shape index (κ2) is 12.6. The first-order valence-electron chi connectivity index (χ1n) is 10.0. The number of hydrogen-bond donors (Lipinski definition) is 1. The molecular weight excluding hydrogens is 342 g/mol. The molecule has 0 aromatic heterocycles. The van der Waals surface area contributed by atoms with Gasteiger partial charge in [0, 0.05) is 39.2 Å². The molecule has 27 heavy (non-hydrogen) atoms. The molecule has 6 heteroatoms. The van der Waals surface area contributed by atoms with Gasteiger partial charge in [0.05, 0.1) is 26.9 Å². The van der Waals surface area contributed by atoms with Gasteiger partial charge in [0.15, 0.2) is 5.96 Å². The molecule has 0 saturated carbocycles. The highest BCUT2D eigenvalue weighted by atomic mass is 16.5. The van der Waals surface area contributed by atoms with Crippen molar-refractivity contribution in [2.45, 2.75) is 32.1 Å². The van der Waals surface area contributed by atoms with Crippen molar-refractivity contribution >= 4 is 5.96 Å². The van der Waals surface area contributed by atoms with Crippen LogP contribution in [0.2, 0.25) is 0 Å². The van der Waals surface area contributed by atoms with Crippen molar-refractivity contribution in [1.82, 2.24) is 10.2 Å². The summed E-state index contributed by atoms with van der Waals surface area (Å²) in [5.74, 6) is 2.39. The zero-order valence-electron chi connectivity index (χ0n) is 17.1. The molecule has 1 unspecified atom stereocenters. The van der Waals surface area contributed by atoms with Gasteiger partial charge in [0.1, 0.15) is 5.75 Å². The molecule has 1 N–H and O–H groups in total. The summed E-state index contributed by atoms with van der Waals surface area (Å²) >= 11 is 0. The van der Waals surface area contributed by atoms with Crippen LogP contribution in [-0.2, 0) is 9.47 Å². The van der Waals surface area contributed by atoms with Crippen LogP contribution in [-0.4, -0.2) is 71.1 Å². The van der Waals surface area contributed by atoms with E-state index in [4.69, 9.17) is 14.2 Å². The molecule has 1 saturated heterocycles. The van der Waals surface area contributed by atoms with E-state index in [1.54, 1.807) is 7.11 Å². The predicted molar refractivity (Wildman–Crippen MR) is 110 cm³/mol. The standard InChI is InChI=1S/C21H35N3O3/c1-4-5-13-26-15-16-27-14-11-23-21(22-2)24-12-10-19(17-24)18-6-8-20(25-3)9-7-18/h6-9,19H,4-5,10-17H2,1-3H3,(H,22,23). The predicted octanol–water partition coefficient (Wildman–Crippen LogP) is 2.89. The molecule has 1 fully saturated rings. The van der Waals surface area contributed by atoms with Crippen molar-refractivity contribution in [2.75, 3.05) is 60.2 Å². The Labute approximate surface area is 163 Å². The Hall–Kier alpha value is -1.79. The number of aliphatic imine (C=N–C) groups is 1. The third-order valence-electron chi connectivity index (χ3n) is 4.83. The molecule has 1 atom stereocenters. The van der Waals surface area contributed by atoms with E-state index in [-0.39, 0.29) is 0 Å². The normalized spacial score (nSPS) is 17.4. The van der Waals surface area contributed by atoms with Gasteiger partial charge in [0.2, 0.25) is 0 Å². The van der Waals surface area contributed by atoms with Crippen molar-refractivity contribution in [3.8, 4) is 5.75 Å². The molecule has 1 aliphatic heterocycles. The number of unbranched alkanes of at least 4 members (excludes halogenated alkanes) is 1. The maximum absolute atomic E-state index is 5.61. The Morgan fingerprint density at radius 3 is 2.56 bits per heavy atom. The average Bonchev–Trinajstić information content (AvgIpc) is 3.19.